The van der Waals surface area contributed by atoms with Crippen LogP contribution in [0, 0.1) is 12.8 Å². The van der Waals surface area contributed by atoms with Crippen molar-refractivity contribution in [3.63, 3.8) is 0 Å². The Hall–Kier alpha value is -1.69. The predicted octanol–water partition coefficient (Wildman–Crippen LogP) is 3.61. The molecule has 0 N–H and O–H groups in total. The Labute approximate surface area is 150 Å². The molecule has 1 aliphatic heterocycles. The number of rotatable bonds is 6. The molecule has 0 aromatic heterocycles. The standard InChI is InChI=1S/C20H25NO3S/c1-17-7-9-20(10-8-17)25(22,23)21-13-11-19(12-14-21)16-24-15-18-5-3-2-4-6-18/h2-10,19H,11-16H2,1H3. The Kier molecular flexibility index (Phi) is 5.89. The highest BCUT2D eigenvalue weighted by Gasteiger charge is 2.29. The van der Waals surface area contributed by atoms with Crippen molar-refractivity contribution >= 4 is 10.0 Å². The van der Waals surface area contributed by atoms with Gasteiger partial charge in [0, 0.05) is 19.7 Å². The van der Waals surface area contributed by atoms with Crippen LogP contribution in [0.2, 0.25) is 0 Å². The smallest absolute Gasteiger partial charge is 0.243 e. The van der Waals surface area contributed by atoms with Crippen LogP contribution in [0.5, 0.6) is 0 Å². The lowest BCUT2D eigenvalue weighted by atomic mass is 9.99. The van der Waals surface area contributed by atoms with Crippen molar-refractivity contribution in [2.75, 3.05) is 19.7 Å². The van der Waals surface area contributed by atoms with E-state index in [1.165, 1.54) is 5.56 Å². The van der Waals surface area contributed by atoms with Gasteiger partial charge in [-0.15, -0.1) is 0 Å². The lowest BCUT2D eigenvalue weighted by Crippen LogP contribution is -2.39. The first-order valence-electron chi connectivity index (χ1n) is 8.74. The number of piperidine rings is 1. The van der Waals surface area contributed by atoms with Crippen molar-refractivity contribution in [3.05, 3.63) is 65.7 Å². The van der Waals surface area contributed by atoms with Crippen LogP contribution in [-0.4, -0.2) is 32.4 Å². The van der Waals surface area contributed by atoms with Gasteiger partial charge in [-0.05, 0) is 43.4 Å². The molecule has 2 aromatic rings. The summed E-state index contributed by atoms with van der Waals surface area (Å²) in [5, 5.41) is 0. The van der Waals surface area contributed by atoms with E-state index in [9.17, 15) is 8.42 Å². The van der Waals surface area contributed by atoms with Crippen molar-refractivity contribution in [3.8, 4) is 0 Å². The third-order valence-corrected chi connectivity index (χ3v) is 6.61. The van der Waals surface area contributed by atoms with E-state index in [4.69, 9.17) is 4.74 Å². The summed E-state index contributed by atoms with van der Waals surface area (Å²) in [4.78, 5) is 0.386. The van der Waals surface area contributed by atoms with Gasteiger partial charge in [-0.25, -0.2) is 8.42 Å². The number of aryl methyl sites for hydroxylation is 1. The van der Waals surface area contributed by atoms with Crippen molar-refractivity contribution in [2.45, 2.75) is 31.3 Å². The number of sulfonamides is 1. The fraction of sp³-hybridized carbons (Fsp3) is 0.400. The maximum Gasteiger partial charge on any atom is 0.243 e. The minimum absolute atomic E-state index is 0.386. The largest absolute Gasteiger partial charge is 0.376 e. The summed E-state index contributed by atoms with van der Waals surface area (Å²) in [5.41, 5.74) is 2.23. The molecule has 0 bridgehead atoms. The molecule has 0 radical (unpaired) electrons. The SMILES string of the molecule is Cc1ccc(S(=O)(=O)N2CCC(COCc3ccccc3)CC2)cc1. The molecule has 134 valence electrons. The molecule has 4 nitrogen and oxygen atoms in total. The van der Waals surface area contributed by atoms with Gasteiger partial charge in [0.05, 0.1) is 11.5 Å². The van der Waals surface area contributed by atoms with E-state index >= 15 is 0 Å². The molecule has 1 aliphatic rings. The highest BCUT2D eigenvalue weighted by Crippen LogP contribution is 2.24. The normalized spacial score (nSPS) is 16.8. The highest BCUT2D eigenvalue weighted by atomic mass is 32.2. The van der Waals surface area contributed by atoms with Gasteiger partial charge in [0.1, 0.15) is 0 Å². The third kappa shape index (κ3) is 4.69. The molecule has 1 fully saturated rings. The van der Waals surface area contributed by atoms with Crippen LogP contribution in [0.1, 0.15) is 24.0 Å². The maximum absolute atomic E-state index is 12.7. The number of ether oxygens (including phenoxy) is 1. The molecule has 5 heteroatoms. The number of hydrogen-bond donors (Lipinski definition) is 0. The minimum Gasteiger partial charge on any atom is -0.376 e. The first kappa shape index (κ1) is 18.1. The van der Waals surface area contributed by atoms with Crippen molar-refractivity contribution in [1.29, 1.82) is 0 Å². The molecule has 2 aromatic carbocycles. The molecule has 1 heterocycles. The third-order valence-electron chi connectivity index (χ3n) is 4.70. The van der Waals surface area contributed by atoms with E-state index in [0.717, 1.165) is 18.4 Å². The van der Waals surface area contributed by atoms with Crippen molar-refractivity contribution < 1.29 is 13.2 Å². The Bertz CT molecular complexity index is 764. The second-order valence-corrected chi connectivity index (χ2v) is 8.60. The van der Waals surface area contributed by atoms with Gasteiger partial charge in [0.15, 0.2) is 0 Å². The first-order valence-corrected chi connectivity index (χ1v) is 10.2. The highest BCUT2D eigenvalue weighted by molar-refractivity contribution is 7.89. The van der Waals surface area contributed by atoms with Gasteiger partial charge >= 0.3 is 0 Å². The lowest BCUT2D eigenvalue weighted by Gasteiger charge is -2.31. The molecule has 1 saturated heterocycles. The predicted molar refractivity (Wildman–Crippen MR) is 98.8 cm³/mol. The van der Waals surface area contributed by atoms with Gasteiger partial charge in [-0.2, -0.15) is 4.31 Å². The molecule has 0 spiro atoms. The van der Waals surface area contributed by atoms with E-state index in [-0.39, 0.29) is 0 Å². The molecule has 0 amide bonds. The van der Waals surface area contributed by atoms with Crippen LogP contribution in [0.4, 0.5) is 0 Å². The van der Waals surface area contributed by atoms with E-state index in [1.807, 2.05) is 37.3 Å². The van der Waals surface area contributed by atoms with Gasteiger partial charge < -0.3 is 4.74 Å². The van der Waals surface area contributed by atoms with Crippen LogP contribution in [-0.2, 0) is 21.4 Å². The van der Waals surface area contributed by atoms with Gasteiger partial charge in [0.25, 0.3) is 0 Å². The van der Waals surface area contributed by atoms with Crippen molar-refractivity contribution in [2.24, 2.45) is 5.92 Å². The number of nitrogens with zero attached hydrogens (tertiary/aromatic N) is 1. The van der Waals surface area contributed by atoms with E-state index in [1.54, 1.807) is 16.4 Å². The Morgan fingerprint density at radius 1 is 1.00 bits per heavy atom. The average Bonchev–Trinajstić information content (AvgIpc) is 2.63. The second-order valence-electron chi connectivity index (χ2n) is 6.66. The number of benzene rings is 2. The summed E-state index contributed by atoms with van der Waals surface area (Å²) < 4.78 is 32.8. The fourth-order valence-electron chi connectivity index (χ4n) is 3.09. The number of hydrogen-bond acceptors (Lipinski definition) is 3. The summed E-state index contributed by atoms with van der Waals surface area (Å²) in [7, 11) is -3.37. The molecule has 25 heavy (non-hydrogen) atoms. The molecule has 0 saturated carbocycles. The van der Waals surface area contributed by atoms with E-state index < -0.39 is 10.0 Å². The summed E-state index contributed by atoms with van der Waals surface area (Å²) >= 11 is 0. The summed E-state index contributed by atoms with van der Waals surface area (Å²) in [6.07, 6.45) is 1.69. The van der Waals surface area contributed by atoms with Crippen molar-refractivity contribution in [1.82, 2.24) is 4.31 Å². The zero-order valence-corrected chi connectivity index (χ0v) is 15.4. The molecule has 0 atom stereocenters. The molecule has 0 unspecified atom stereocenters. The van der Waals surface area contributed by atoms with Gasteiger partial charge in [0.2, 0.25) is 10.0 Å². The summed E-state index contributed by atoms with van der Waals surface area (Å²) in [6, 6.07) is 17.2. The summed E-state index contributed by atoms with van der Waals surface area (Å²) in [5.74, 6) is 0.424. The van der Waals surface area contributed by atoms with Crippen LogP contribution in [0.25, 0.3) is 0 Å². The monoisotopic (exact) mass is 359 g/mol. The zero-order valence-electron chi connectivity index (χ0n) is 14.6. The second kappa shape index (κ2) is 8.13. The first-order chi connectivity index (χ1) is 12.1. The van der Waals surface area contributed by atoms with Crippen LogP contribution < -0.4 is 0 Å². The zero-order chi connectivity index (χ0) is 17.7. The average molecular weight is 359 g/mol. The quantitative estimate of drug-likeness (QED) is 0.791. The van der Waals surface area contributed by atoms with Crippen LogP contribution in [0.15, 0.2) is 59.5 Å². The minimum atomic E-state index is -3.37. The van der Waals surface area contributed by atoms with Crippen LogP contribution in [0.3, 0.4) is 0 Å². The van der Waals surface area contributed by atoms with E-state index in [2.05, 4.69) is 12.1 Å². The molecule has 0 aliphatic carbocycles. The Morgan fingerprint density at radius 2 is 1.64 bits per heavy atom. The molecular formula is C20H25NO3S. The summed E-state index contributed by atoms with van der Waals surface area (Å²) in [6.45, 7) is 4.39. The molecule has 3 rings (SSSR count). The van der Waals surface area contributed by atoms with Gasteiger partial charge in [-0.1, -0.05) is 48.0 Å². The van der Waals surface area contributed by atoms with Crippen LogP contribution >= 0.6 is 0 Å². The fourth-order valence-corrected chi connectivity index (χ4v) is 4.56. The van der Waals surface area contributed by atoms with Gasteiger partial charge in [-0.3, -0.25) is 0 Å². The lowest BCUT2D eigenvalue weighted by molar-refractivity contribution is 0.0688. The maximum atomic E-state index is 12.7. The van der Waals surface area contributed by atoms with E-state index in [0.29, 0.717) is 37.1 Å². The molecular weight excluding hydrogens is 334 g/mol. The topological polar surface area (TPSA) is 46.6 Å². The Balaban J connectivity index is 1.49. The Morgan fingerprint density at radius 3 is 2.28 bits per heavy atom.